The molecule has 6 heteroatoms. The molecule has 0 saturated heterocycles. The van der Waals surface area contributed by atoms with Gasteiger partial charge in [-0.15, -0.1) is 4.91 Å². The molecule has 1 rings (SSSR count). The first-order valence-electron chi connectivity index (χ1n) is 2.04. The fourth-order valence-corrected chi connectivity index (χ4v) is 0.304. The van der Waals surface area contributed by atoms with E-state index in [-0.39, 0.29) is 5.62 Å². The molecule has 0 spiro atoms. The Morgan fingerprint density at radius 2 is 2.11 bits per heavy atom. The first-order chi connectivity index (χ1) is 4.43. The van der Waals surface area contributed by atoms with Crippen molar-refractivity contribution in [1.82, 2.24) is 9.97 Å². The van der Waals surface area contributed by atoms with Crippen molar-refractivity contribution in [3.63, 3.8) is 0 Å². The highest BCUT2D eigenvalue weighted by Gasteiger charge is 1.77. The quantitative estimate of drug-likeness (QED) is 0.380. The minimum Gasteiger partial charge on any atom is -0.434 e. The zero-order valence-corrected chi connectivity index (χ0v) is 4.26. The lowest BCUT2D eigenvalue weighted by Crippen LogP contribution is -2.08. The van der Waals surface area contributed by atoms with Gasteiger partial charge < -0.3 is 4.42 Å². The SMILES string of the molecule is O=NN=c1ncocn1. The van der Waals surface area contributed by atoms with Crippen molar-refractivity contribution in [3.8, 4) is 0 Å². The fourth-order valence-electron chi connectivity index (χ4n) is 0.304. The van der Waals surface area contributed by atoms with E-state index in [1.807, 2.05) is 0 Å². The van der Waals surface area contributed by atoms with Gasteiger partial charge in [0.1, 0.15) is 0 Å². The van der Waals surface area contributed by atoms with Crippen LogP contribution in [0.25, 0.3) is 0 Å². The number of aromatic nitrogens is 2. The van der Waals surface area contributed by atoms with E-state index < -0.39 is 0 Å². The van der Waals surface area contributed by atoms with Crippen molar-refractivity contribution in [3.05, 3.63) is 23.3 Å². The number of nitroso groups, excluding NO2 is 1. The maximum Gasteiger partial charge on any atom is 0.277 e. The molecule has 0 aliphatic heterocycles. The third kappa shape index (κ3) is 1.41. The van der Waals surface area contributed by atoms with Gasteiger partial charge in [-0.3, -0.25) is 0 Å². The van der Waals surface area contributed by atoms with Gasteiger partial charge in [0, 0.05) is 0 Å². The molecular formula is C3H2N4O2. The van der Waals surface area contributed by atoms with Gasteiger partial charge in [0.15, 0.2) is 12.8 Å². The molecule has 1 aromatic rings. The van der Waals surface area contributed by atoms with Gasteiger partial charge in [-0.1, -0.05) is 5.10 Å². The Balaban J connectivity index is 3.11. The van der Waals surface area contributed by atoms with Crippen molar-refractivity contribution >= 4 is 0 Å². The Bertz CT molecular complexity index is 236. The van der Waals surface area contributed by atoms with Crippen molar-refractivity contribution in [2.24, 2.45) is 10.4 Å². The van der Waals surface area contributed by atoms with Crippen molar-refractivity contribution in [2.75, 3.05) is 0 Å². The van der Waals surface area contributed by atoms with Crippen LogP contribution in [0.1, 0.15) is 0 Å². The molecule has 0 N–H and O–H groups in total. The maximum absolute atomic E-state index is 9.45. The molecule has 9 heavy (non-hydrogen) atoms. The lowest BCUT2D eigenvalue weighted by Gasteiger charge is -1.75. The van der Waals surface area contributed by atoms with Crippen LogP contribution in [0.4, 0.5) is 0 Å². The van der Waals surface area contributed by atoms with Crippen molar-refractivity contribution in [2.45, 2.75) is 0 Å². The molecule has 1 aromatic heterocycles. The molecule has 0 fully saturated rings. The summed E-state index contributed by atoms with van der Waals surface area (Å²) >= 11 is 0. The second kappa shape index (κ2) is 2.65. The molecular weight excluding hydrogens is 124 g/mol. The normalized spacial score (nSPS) is 8.44. The van der Waals surface area contributed by atoms with E-state index in [9.17, 15) is 4.91 Å². The first-order valence-corrected chi connectivity index (χ1v) is 2.04. The lowest BCUT2D eigenvalue weighted by atomic mass is 11.1. The molecule has 1 heterocycles. The largest absolute Gasteiger partial charge is 0.434 e. The van der Waals surface area contributed by atoms with E-state index in [1.54, 1.807) is 0 Å². The average Bonchev–Trinajstić information content (AvgIpc) is 1.91. The van der Waals surface area contributed by atoms with Crippen LogP contribution in [0.3, 0.4) is 0 Å². The minimum atomic E-state index is -0.00347. The topological polar surface area (TPSA) is 80.7 Å². The third-order valence-electron chi connectivity index (χ3n) is 0.588. The smallest absolute Gasteiger partial charge is 0.277 e. The summed E-state index contributed by atoms with van der Waals surface area (Å²) in [5, 5.41) is 5.21. The number of nitrogens with zero attached hydrogens (tertiary/aromatic N) is 4. The molecule has 0 atom stereocenters. The van der Waals surface area contributed by atoms with Crippen LogP contribution in [0.5, 0.6) is 0 Å². The molecule has 0 saturated carbocycles. The predicted molar refractivity (Wildman–Crippen MR) is 25.7 cm³/mol. The summed E-state index contributed by atoms with van der Waals surface area (Å²) in [6, 6.07) is 0. The summed E-state index contributed by atoms with van der Waals surface area (Å²) < 4.78 is 4.44. The van der Waals surface area contributed by atoms with E-state index in [1.165, 1.54) is 0 Å². The molecule has 0 unspecified atom stereocenters. The van der Waals surface area contributed by atoms with Gasteiger partial charge in [0.25, 0.3) is 5.62 Å². The van der Waals surface area contributed by atoms with Crippen molar-refractivity contribution < 1.29 is 4.42 Å². The second-order valence-corrected chi connectivity index (χ2v) is 1.09. The highest BCUT2D eigenvalue weighted by atomic mass is 16.3. The Hall–Kier alpha value is -1.59. The van der Waals surface area contributed by atoms with E-state index in [0.717, 1.165) is 12.8 Å². The summed E-state index contributed by atoms with van der Waals surface area (Å²) in [5.41, 5.74) is -0.00347. The zero-order valence-electron chi connectivity index (χ0n) is 4.26. The van der Waals surface area contributed by atoms with Crippen LogP contribution in [0, 0.1) is 4.91 Å². The third-order valence-corrected chi connectivity index (χ3v) is 0.588. The Morgan fingerprint density at radius 1 is 1.44 bits per heavy atom. The van der Waals surface area contributed by atoms with Crippen LogP contribution in [-0.2, 0) is 0 Å². The van der Waals surface area contributed by atoms with Gasteiger partial charge in [0.05, 0.1) is 5.29 Å². The Labute approximate surface area is 49.2 Å². The standard InChI is InChI=1S/C3H2N4O2/c8-7-6-3-4-1-9-2-5-3/h1-2H. The average molecular weight is 126 g/mol. The van der Waals surface area contributed by atoms with Crippen LogP contribution >= 0.6 is 0 Å². The van der Waals surface area contributed by atoms with Crippen molar-refractivity contribution in [1.29, 1.82) is 0 Å². The first kappa shape index (κ1) is 5.54. The molecule has 0 aromatic carbocycles. The van der Waals surface area contributed by atoms with Gasteiger partial charge in [-0.05, 0) is 0 Å². The summed E-state index contributed by atoms with van der Waals surface area (Å²) in [7, 11) is 0. The summed E-state index contributed by atoms with van der Waals surface area (Å²) in [5.74, 6) is 0. The maximum atomic E-state index is 9.45. The van der Waals surface area contributed by atoms with E-state index in [2.05, 4.69) is 24.8 Å². The highest BCUT2D eigenvalue weighted by Crippen LogP contribution is 1.65. The number of hydrogen-bond acceptors (Lipinski definition) is 5. The van der Waals surface area contributed by atoms with Crippen LogP contribution in [0.2, 0.25) is 0 Å². The van der Waals surface area contributed by atoms with E-state index >= 15 is 0 Å². The van der Waals surface area contributed by atoms with Crippen LogP contribution < -0.4 is 5.62 Å². The predicted octanol–water partition coefficient (Wildman–Crippen LogP) is -0.348. The van der Waals surface area contributed by atoms with E-state index in [0.29, 0.717) is 0 Å². The summed E-state index contributed by atoms with van der Waals surface area (Å²) in [4.78, 5) is 16.3. The molecule has 0 aliphatic rings. The lowest BCUT2D eigenvalue weighted by molar-refractivity contribution is 0.492. The molecule has 0 aliphatic carbocycles. The molecule has 6 nitrogen and oxygen atoms in total. The Morgan fingerprint density at radius 3 is 2.67 bits per heavy atom. The summed E-state index contributed by atoms with van der Waals surface area (Å²) in [6.07, 6.45) is 2.22. The van der Waals surface area contributed by atoms with Gasteiger partial charge in [-0.25, -0.2) is 0 Å². The highest BCUT2D eigenvalue weighted by molar-refractivity contribution is 4.48. The molecule has 0 bridgehead atoms. The van der Waals surface area contributed by atoms with Crippen LogP contribution in [0.15, 0.2) is 27.6 Å². The molecule has 46 valence electrons. The van der Waals surface area contributed by atoms with Gasteiger partial charge in [0.2, 0.25) is 0 Å². The zero-order chi connectivity index (χ0) is 6.53. The monoisotopic (exact) mass is 126 g/mol. The number of hydrogen-bond donors (Lipinski definition) is 0. The fraction of sp³-hybridized carbons (Fsp3) is 0. The molecule has 0 radical (unpaired) electrons. The second-order valence-electron chi connectivity index (χ2n) is 1.09. The minimum absolute atomic E-state index is 0.00347. The molecule has 0 amide bonds. The Kier molecular flexibility index (Phi) is 1.63. The number of rotatable bonds is 1. The van der Waals surface area contributed by atoms with Gasteiger partial charge >= 0.3 is 0 Å². The van der Waals surface area contributed by atoms with Gasteiger partial charge in [-0.2, -0.15) is 9.97 Å². The van der Waals surface area contributed by atoms with E-state index in [4.69, 9.17) is 0 Å². The summed E-state index contributed by atoms with van der Waals surface area (Å²) in [6.45, 7) is 0. The van der Waals surface area contributed by atoms with Crippen LogP contribution in [-0.4, -0.2) is 9.97 Å².